The summed E-state index contributed by atoms with van der Waals surface area (Å²) in [7, 11) is 2.95. The Kier molecular flexibility index (Phi) is 4.07. The molecule has 5 heteroatoms. The summed E-state index contributed by atoms with van der Waals surface area (Å²) in [5, 5.41) is 12.8. The lowest BCUT2D eigenvalue weighted by molar-refractivity contribution is -0.160. The highest BCUT2D eigenvalue weighted by atomic mass is 16.5. The summed E-state index contributed by atoms with van der Waals surface area (Å²) >= 11 is 0. The predicted octanol–water partition coefficient (Wildman–Crippen LogP) is -0.323. The van der Waals surface area contributed by atoms with Gasteiger partial charge in [0.1, 0.15) is 0 Å². The molecule has 0 aromatic heterocycles. The molecule has 1 aliphatic rings. The fourth-order valence-corrected chi connectivity index (χ4v) is 1.56. The molecule has 2 N–H and O–H groups in total. The molecule has 0 aliphatic heterocycles. The molecule has 5 nitrogen and oxygen atoms in total. The minimum absolute atomic E-state index is 0.209. The van der Waals surface area contributed by atoms with Crippen LogP contribution in [-0.4, -0.2) is 49.6 Å². The van der Waals surface area contributed by atoms with Crippen molar-refractivity contribution in [1.82, 2.24) is 5.32 Å². The molecule has 1 rings (SSSR count). The lowest BCUT2D eigenvalue weighted by atomic mass is 9.88. The minimum Gasteiger partial charge on any atom is -0.467 e. The molecule has 0 saturated heterocycles. The number of aliphatic hydroxyl groups is 1. The third-order valence-corrected chi connectivity index (χ3v) is 2.79. The third-order valence-electron chi connectivity index (χ3n) is 2.79. The molecular formula is C10H19NO4. The van der Waals surface area contributed by atoms with E-state index in [4.69, 9.17) is 4.74 Å². The van der Waals surface area contributed by atoms with E-state index in [0.29, 0.717) is 12.1 Å². The molecule has 0 amide bonds. The van der Waals surface area contributed by atoms with E-state index in [2.05, 4.69) is 10.1 Å². The Morgan fingerprint density at radius 2 is 2.13 bits per heavy atom. The first kappa shape index (κ1) is 12.4. The van der Waals surface area contributed by atoms with Crippen molar-refractivity contribution >= 4 is 5.97 Å². The number of nitrogens with one attached hydrogen (secondary N) is 1. The van der Waals surface area contributed by atoms with Gasteiger partial charge >= 0.3 is 5.97 Å². The number of hydrogen-bond acceptors (Lipinski definition) is 5. The van der Waals surface area contributed by atoms with Gasteiger partial charge in [-0.05, 0) is 19.8 Å². The second-order valence-corrected chi connectivity index (χ2v) is 4.17. The van der Waals surface area contributed by atoms with Crippen molar-refractivity contribution in [2.45, 2.75) is 37.5 Å². The van der Waals surface area contributed by atoms with Crippen LogP contribution in [0.3, 0.4) is 0 Å². The molecule has 15 heavy (non-hydrogen) atoms. The molecule has 1 fully saturated rings. The summed E-state index contributed by atoms with van der Waals surface area (Å²) in [5.74, 6) is -0.613. The van der Waals surface area contributed by atoms with E-state index in [9.17, 15) is 9.90 Å². The minimum atomic E-state index is -1.45. The van der Waals surface area contributed by atoms with Gasteiger partial charge in [0.25, 0.3) is 0 Å². The van der Waals surface area contributed by atoms with E-state index >= 15 is 0 Å². The van der Waals surface area contributed by atoms with Crippen molar-refractivity contribution in [3.8, 4) is 0 Å². The Morgan fingerprint density at radius 3 is 2.60 bits per heavy atom. The van der Waals surface area contributed by atoms with Gasteiger partial charge in [-0.1, -0.05) is 0 Å². The van der Waals surface area contributed by atoms with Gasteiger partial charge in [-0.3, -0.25) is 0 Å². The monoisotopic (exact) mass is 217 g/mol. The SMILES string of the molecule is COC(=O)C(C)(O)CNC1CC(OC)C1. The van der Waals surface area contributed by atoms with Gasteiger partial charge in [-0.15, -0.1) is 0 Å². The average Bonchev–Trinajstić information content (AvgIpc) is 2.14. The Bertz CT molecular complexity index is 223. The molecule has 0 bridgehead atoms. The smallest absolute Gasteiger partial charge is 0.338 e. The highest BCUT2D eigenvalue weighted by molar-refractivity contribution is 5.78. The number of carbonyl (C=O) groups excluding carboxylic acids is 1. The van der Waals surface area contributed by atoms with Crippen LogP contribution >= 0.6 is 0 Å². The molecule has 0 radical (unpaired) electrons. The van der Waals surface area contributed by atoms with Gasteiger partial charge in [0.2, 0.25) is 0 Å². The van der Waals surface area contributed by atoms with Gasteiger partial charge in [0, 0.05) is 19.7 Å². The number of rotatable bonds is 5. The first-order valence-electron chi connectivity index (χ1n) is 5.06. The summed E-state index contributed by atoms with van der Waals surface area (Å²) in [6.07, 6.45) is 2.16. The fourth-order valence-electron chi connectivity index (χ4n) is 1.56. The Balaban J connectivity index is 2.23. The number of carbonyl (C=O) groups is 1. The van der Waals surface area contributed by atoms with Crippen LogP contribution in [0, 0.1) is 0 Å². The zero-order valence-corrected chi connectivity index (χ0v) is 9.45. The highest BCUT2D eigenvalue weighted by Gasteiger charge is 2.35. The fraction of sp³-hybridized carbons (Fsp3) is 0.900. The lowest BCUT2D eigenvalue weighted by Crippen LogP contribution is -2.53. The largest absolute Gasteiger partial charge is 0.467 e. The molecule has 0 heterocycles. The van der Waals surface area contributed by atoms with E-state index in [0.717, 1.165) is 12.8 Å². The van der Waals surface area contributed by atoms with Crippen LogP contribution in [-0.2, 0) is 14.3 Å². The molecule has 1 aliphatic carbocycles. The van der Waals surface area contributed by atoms with Crippen molar-refractivity contribution in [1.29, 1.82) is 0 Å². The topological polar surface area (TPSA) is 67.8 Å². The summed E-state index contributed by atoms with van der Waals surface area (Å²) < 4.78 is 9.61. The summed E-state index contributed by atoms with van der Waals surface area (Å²) in [5.41, 5.74) is -1.45. The maximum atomic E-state index is 11.1. The molecule has 1 saturated carbocycles. The summed E-state index contributed by atoms with van der Waals surface area (Å²) in [6.45, 7) is 1.65. The first-order chi connectivity index (χ1) is 6.99. The van der Waals surface area contributed by atoms with Crippen LogP contribution in [0.5, 0.6) is 0 Å². The zero-order chi connectivity index (χ0) is 11.5. The molecular weight excluding hydrogens is 198 g/mol. The Labute approximate surface area is 89.8 Å². The van der Waals surface area contributed by atoms with E-state index in [1.54, 1.807) is 7.11 Å². The maximum absolute atomic E-state index is 11.1. The normalized spacial score (nSPS) is 29.1. The third kappa shape index (κ3) is 3.15. The van der Waals surface area contributed by atoms with Crippen LogP contribution in [0.25, 0.3) is 0 Å². The summed E-state index contributed by atoms with van der Waals surface area (Å²) in [6, 6.07) is 0.325. The second kappa shape index (κ2) is 4.92. The summed E-state index contributed by atoms with van der Waals surface area (Å²) in [4.78, 5) is 11.1. The molecule has 0 spiro atoms. The molecule has 1 unspecified atom stereocenters. The van der Waals surface area contributed by atoms with E-state index in [1.807, 2.05) is 0 Å². The highest BCUT2D eigenvalue weighted by Crippen LogP contribution is 2.22. The van der Waals surface area contributed by atoms with E-state index in [1.165, 1.54) is 14.0 Å². The van der Waals surface area contributed by atoms with Gasteiger partial charge in [0.15, 0.2) is 5.60 Å². The quantitative estimate of drug-likeness (QED) is 0.618. The standard InChI is InChI=1S/C10H19NO4/c1-10(13,9(12)15-3)6-11-7-4-8(5-7)14-2/h7-8,11,13H,4-6H2,1-3H3. The molecule has 88 valence electrons. The van der Waals surface area contributed by atoms with E-state index in [-0.39, 0.29) is 6.54 Å². The Hall–Kier alpha value is -0.650. The molecule has 0 aromatic carbocycles. The number of ether oxygens (including phenoxy) is 2. The zero-order valence-electron chi connectivity index (χ0n) is 9.45. The van der Waals surface area contributed by atoms with Crippen molar-refractivity contribution in [2.24, 2.45) is 0 Å². The van der Waals surface area contributed by atoms with Gasteiger partial charge in [-0.25, -0.2) is 4.79 Å². The van der Waals surface area contributed by atoms with Crippen molar-refractivity contribution in [2.75, 3.05) is 20.8 Å². The number of esters is 1. The van der Waals surface area contributed by atoms with Gasteiger partial charge in [-0.2, -0.15) is 0 Å². The van der Waals surface area contributed by atoms with E-state index < -0.39 is 11.6 Å². The molecule has 1 atom stereocenters. The maximum Gasteiger partial charge on any atom is 0.338 e. The van der Waals surface area contributed by atoms with Crippen molar-refractivity contribution in [3.05, 3.63) is 0 Å². The van der Waals surface area contributed by atoms with Crippen LogP contribution < -0.4 is 5.32 Å². The number of hydrogen-bond donors (Lipinski definition) is 2. The average molecular weight is 217 g/mol. The van der Waals surface area contributed by atoms with Crippen molar-refractivity contribution in [3.63, 3.8) is 0 Å². The van der Waals surface area contributed by atoms with Crippen LogP contribution in [0.4, 0.5) is 0 Å². The van der Waals surface area contributed by atoms with Crippen molar-refractivity contribution < 1.29 is 19.4 Å². The second-order valence-electron chi connectivity index (χ2n) is 4.17. The predicted molar refractivity (Wildman–Crippen MR) is 54.5 cm³/mol. The van der Waals surface area contributed by atoms with Crippen LogP contribution in [0.1, 0.15) is 19.8 Å². The van der Waals surface area contributed by atoms with Gasteiger partial charge < -0.3 is 19.9 Å². The van der Waals surface area contributed by atoms with Crippen LogP contribution in [0.15, 0.2) is 0 Å². The Morgan fingerprint density at radius 1 is 1.53 bits per heavy atom. The van der Waals surface area contributed by atoms with Gasteiger partial charge in [0.05, 0.1) is 13.2 Å². The lowest BCUT2D eigenvalue weighted by Gasteiger charge is -2.36. The number of methoxy groups -OCH3 is 2. The van der Waals surface area contributed by atoms with Crippen LogP contribution in [0.2, 0.25) is 0 Å². The molecule has 0 aromatic rings. The first-order valence-corrected chi connectivity index (χ1v) is 5.06.